The molecule has 1 unspecified atom stereocenters. The number of amides is 1. The number of nitrogens with one attached hydrogen (secondary N) is 2. The maximum absolute atomic E-state index is 12.3. The Hall–Kier alpha value is -2.64. The standard InChI is InChI=1S/C15H16F2N2O4/c1-23-9-2-3-11-10(5-9)8(7-18-11)4-14(20)19-12(15(21)22)6-13(16)17/h2-3,5,7,12-13,18H,4,6H2,1H3,(H,19,20)(H,21,22). The molecule has 23 heavy (non-hydrogen) atoms. The molecule has 1 aromatic carbocycles. The minimum Gasteiger partial charge on any atom is -0.497 e. The molecule has 1 heterocycles. The SMILES string of the molecule is COc1ccc2[nH]cc(CC(=O)NC(CC(F)F)C(=O)O)c2c1. The van der Waals surface area contributed by atoms with Crippen molar-refractivity contribution in [3.63, 3.8) is 0 Å². The highest BCUT2D eigenvalue weighted by Gasteiger charge is 2.24. The van der Waals surface area contributed by atoms with E-state index in [0.29, 0.717) is 11.3 Å². The molecule has 8 heteroatoms. The van der Waals surface area contributed by atoms with Crippen molar-refractivity contribution < 1.29 is 28.2 Å². The Morgan fingerprint density at radius 1 is 1.39 bits per heavy atom. The van der Waals surface area contributed by atoms with Crippen molar-refractivity contribution in [2.24, 2.45) is 0 Å². The number of alkyl halides is 2. The fourth-order valence-corrected chi connectivity index (χ4v) is 2.25. The Morgan fingerprint density at radius 2 is 2.13 bits per heavy atom. The average Bonchev–Trinajstić information content (AvgIpc) is 2.88. The normalized spacial score (nSPS) is 12.3. The first-order valence-corrected chi connectivity index (χ1v) is 6.85. The number of carboxylic acids is 1. The van der Waals surface area contributed by atoms with Gasteiger partial charge in [0.25, 0.3) is 0 Å². The molecule has 1 aromatic heterocycles. The molecule has 1 atom stereocenters. The van der Waals surface area contributed by atoms with Crippen LogP contribution in [0.4, 0.5) is 8.78 Å². The smallest absolute Gasteiger partial charge is 0.326 e. The molecule has 124 valence electrons. The largest absolute Gasteiger partial charge is 0.497 e. The van der Waals surface area contributed by atoms with Crippen LogP contribution in [0.25, 0.3) is 10.9 Å². The number of hydrogen-bond donors (Lipinski definition) is 3. The van der Waals surface area contributed by atoms with Gasteiger partial charge >= 0.3 is 5.97 Å². The molecule has 2 aromatic rings. The van der Waals surface area contributed by atoms with Gasteiger partial charge in [0.2, 0.25) is 12.3 Å². The van der Waals surface area contributed by atoms with Gasteiger partial charge in [0.05, 0.1) is 13.5 Å². The van der Waals surface area contributed by atoms with Crippen LogP contribution >= 0.6 is 0 Å². The van der Waals surface area contributed by atoms with E-state index in [-0.39, 0.29) is 6.42 Å². The van der Waals surface area contributed by atoms with Crippen molar-refractivity contribution in [3.05, 3.63) is 30.0 Å². The number of ether oxygens (including phenoxy) is 1. The molecule has 6 nitrogen and oxygen atoms in total. The van der Waals surface area contributed by atoms with E-state index >= 15 is 0 Å². The third kappa shape index (κ3) is 4.18. The van der Waals surface area contributed by atoms with Gasteiger partial charge in [0.1, 0.15) is 11.8 Å². The maximum atomic E-state index is 12.3. The van der Waals surface area contributed by atoms with Crippen molar-refractivity contribution in [2.45, 2.75) is 25.3 Å². The lowest BCUT2D eigenvalue weighted by Crippen LogP contribution is -2.42. The predicted molar refractivity (Wildman–Crippen MR) is 78.7 cm³/mol. The summed E-state index contributed by atoms with van der Waals surface area (Å²) in [4.78, 5) is 25.8. The third-order valence-corrected chi connectivity index (χ3v) is 3.37. The number of aromatic amines is 1. The van der Waals surface area contributed by atoms with Crippen LogP contribution in [-0.4, -0.2) is 41.5 Å². The number of aromatic nitrogens is 1. The number of carbonyl (C=O) groups is 2. The molecular weight excluding hydrogens is 310 g/mol. The van der Waals surface area contributed by atoms with Crippen LogP contribution in [-0.2, 0) is 16.0 Å². The van der Waals surface area contributed by atoms with E-state index in [1.165, 1.54) is 7.11 Å². The van der Waals surface area contributed by atoms with Gasteiger partial charge in [-0.2, -0.15) is 0 Å². The lowest BCUT2D eigenvalue weighted by molar-refractivity contribution is -0.142. The summed E-state index contributed by atoms with van der Waals surface area (Å²) < 4.78 is 29.8. The van der Waals surface area contributed by atoms with E-state index in [2.05, 4.69) is 10.3 Å². The highest BCUT2D eigenvalue weighted by atomic mass is 19.3. The Morgan fingerprint density at radius 3 is 2.74 bits per heavy atom. The van der Waals surface area contributed by atoms with E-state index in [1.54, 1.807) is 24.4 Å². The van der Waals surface area contributed by atoms with Gasteiger partial charge in [-0.3, -0.25) is 4.79 Å². The highest BCUT2D eigenvalue weighted by molar-refractivity contribution is 5.91. The predicted octanol–water partition coefficient (Wildman–Crippen LogP) is 1.94. The Labute approximate surface area is 130 Å². The summed E-state index contributed by atoms with van der Waals surface area (Å²) in [5.74, 6) is -1.51. The van der Waals surface area contributed by atoms with E-state index in [1.807, 2.05) is 0 Å². The molecule has 0 aliphatic rings. The Bertz CT molecular complexity index is 715. The summed E-state index contributed by atoms with van der Waals surface area (Å²) in [6.07, 6.45) is -2.25. The van der Waals surface area contributed by atoms with Crippen LogP contribution in [0.3, 0.4) is 0 Å². The van der Waals surface area contributed by atoms with E-state index in [4.69, 9.17) is 9.84 Å². The average molecular weight is 326 g/mol. The van der Waals surface area contributed by atoms with Gasteiger partial charge in [-0.1, -0.05) is 0 Å². The zero-order valence-corrected chi connectivity index (χ0v) is 12.3. The summed E-state index contributed by atoms with van der Waals surface area (Å²) in [7, 11) is 1.52. The summed E-state index contributed by atoms with van der Waals surface area (Å²) >= 11 is 0. The van der Waals surface area contributed by atoms with Crippen molar-refractivity contribution in [1.29, 1.82) is 0 Å². The molecule has 0 aliphatic carbocycles. The van der Waals surface area contributed by atoms with E-state index in [9.17, 15) is 18.4 Å². The van der Waals surface area contributed by atoms with Crippen LogP contribution in [0.2, 0.25) is 0 Å². The Kier molecular flexibility index (Phi) is 5.15. The molecule has 0 aliphatic heterocycles. The van der Waals surface area contributed by atoms with Crippen molar-refractivity contribution in [1.82, 2.24) is 10.3 Å². The van der Waals surface area contributed by atoms with Gasteiger partial charge in [0.15, 0.2) is 0 Å². The van der Waals surface area contributed by atoms with Crippen molar-refractivity contribution in [2.75, 3.05) is 7.11 Å². The van der Waals surface area contributed by atoms with E-state index in [0.717, 1.165) is 10.9 Å². The first kappa shape index (κ1) is 16.7. The van der Waals surface area contributed by atoms with Crippen molar-refractivity contribution in [3.8, 4) is 5.75 Å². The molecule has 3 N–H and O–H groups in total. The molecule has 1 amide bonds. The van der Waals surface area contributed by atoms with Gasteiger partial charge < -0.3 is 20.1 Å². The number of carboxylic acid groups (broad SMARTS) is 1. The van der Waals surface area contributed by atoms with Crippen LogP contribution in [0.1, 0.15) is 12.0 Å². The second-order valence-corrected chi connectivity index (χ2v) is 4.99. The number of rotatable bonds is 7. The minimum atomic E-state index is -2.81. The number of benzene rings is 1. The Balaban J connectivity index is 2.12. The number of fused-ring (bicyclic) bond motifs is 1. The lowest BCUT2D eigenvalue weighted by atomic mass is 10.1. The zero-order chi connectivity index (χ0) is 17.0. The molecule has 0 fully saturated rings. The fourth-order valence-electron chi connectivity index (χ4n) is 2.25. The van der Waals surface area contributed by atoms with Crippen molar-refractivity contribution >= 4 is 22.8 Å². The minimum absolute atomic E-state index is 0.125. The summed E-state index contributed by atoms with van der Waals surface area (Å²) in [5, 5.41) is 11.7. The molecule has 2 rings (SSSR count). The molecule has 0 spiro atoms. The lowest BCUT2D eigenvalue weighted by Gasteiger charge is -2.13. The molecule has 0 saturated carbocycles. The van der Waals surface area contributed by atoms with Crippen LogP contribution in [0.15, 0.2) is 24.4 Å². The van der Waals surface area contributed by atoms with Crippen LogP contribution in [0.5, 0.6) is 5.75 Å². The number of methoxy groups -OCH3 is 1. The number of halogens is 2. The highest BCUT2D eigenvalue weighted by Crippen LogP contribution is 2.24. The molecular formula is C15H16F2N2O4. The number of carbonyl (C=O) groups excluding carboxylic acids is 1. The fraction of sp³-hybridized carbons (Fsp3) is 0.333. The summed E-state index contributed by atoms with van der Waals surface area (Å²) in [6.45, 7) is 0. The van der Waals surface area contributed by atoms with E-state index < -0.39 is 30.8 Å². The first-order chi connectivity index (χ1) is 10.9. The first-order valence-electron chi connectivity index (χ1n) is 6.85. The van der Waals surface area contributed by atoms with Gasteiger partial charge in [0, 0.05) is 23.5 Å². The summed E-state index contributed by atoms with van der Waals surface area (Å²) in [5.41, 5.74) is 1.41. The topological polar surface area (TPSA) is 91.4 Å². The molecule has 0 bridgehead atoms. The molecule has 0 saturated heterocycles. The summed E-state index contributed by atoms with van der Waals surface area (Å²) in [6, 6.07) is 3.67. The second kappa shape index (κ2) is 7.08. The number of aliphatic carboxylic acids is 1. The number of hydrogen-bond acceptors (Lipinski definition) is 3. The quantitative estimate of drug-likeness (QED) is 0.725. The number of H-pyrrole nitrogens is 1. The van der Waals surface area contributed by atoms with Gasteiger partial charge in [-0.25, -0.2) is 13.6 Å². The van der Waals surface area contributed by atoms with Crippen LogP contribution in [0, 0.1) is 0 Å². The van der Waals surface area contributed by atoms with Gasteiger partial charge in [-0.05, 0) is 23.8 Å². The molecule has 0 radical (unpaired) electrons. The third-order valence-electron chi connectivity index (χ3n) is 3.37. The van der Waals surface area contributed by atoms with Crippen LogP contribution < -0.4 is 10.1 Å². The monoisotopic (exact) mass is 326 g/mol. The zero-order valence-electron chi connectivity index (χ0n) is 12.3. The van der Waals surface area contributed by atoms with Gasteiger partial charge in [-0.15, -0.1) is 0 Å². The second-order valence-electron chi connectivity index (χ2n) is 4.99. The maximum Gasteiger partial charge on any atom is 0.326 e.